The summed E-state index contributed by atoms with van der Waals surface area (Å²) < 4.78 is 0.831. The third kappa shape index (κ3) is 2.18. The molecule has 1 aromatic carbocycles. The summed E-state index contributed by atoms with van der Waals surface area (Å²) in [5, 5.41) is 8.42. The lowest BCUT2D eigenvalue weighted by molar-refractivity contribution is 0.112. The van der Waals surface area contributed by atoms with Gasteiger partial charge in [-0.2, -0.15) is 5.26 Å². The zero-order valence-corrected chi connectivity index (χ0v) is 7.84. The number of aldehydes is 1. The number of nitriles is 1. The average molecular weight is 224 g/mol. The van der Waals surface area contributed by atoms with Gasteiger partial charge >= 0.3 is 0 Å². The molecule has 0 aliphatic carbocycles. The third-order valence-corrected chi connectivity index (χ3v) is 1.86. The fourth-order valence-electron chi connectivity index (χ4n) is 0.937. The molecular formula is C9H6BrNO. The number of rotatable bonds is 2. The Labute approximate surface area is 78.9 Å². The van der Waals surface area contributed by atoms with Crippen LogP contribution in [0.15, 0.2) is 22.7 Å². The van der Waals surface area contributed by atoms with E-state index in [1.807, 2.05) is 12.1 Å². The summed E-state index contributed by atoms with van der Waals surface area (Å²) >= 11 is 3.26. The van der Waals surface area contributed by atoms with Crippen LogP contribution >= 0.6 is 15.9 Å². The lowest BCUT2D eigenvalue weighted by atomic mass is 10.1. The van der Waals surface area contributed by atoms with Crippen molar-refractivity contribution >= 4 is 22.2 Å². The quantitative estimate of drug-likeness (QED) is 0.723. The minimum atomic E-state index is 0.334. The van der Waals surface area contributed by atoms with Crippen molar-refractivity contribution in [2.75, 3.05) is 0 Å². The smallest absolute Gasteiger partial charge is 0.150 e. The molecule has 0 N–H and O–H groups in total. The molecule has 0 fully saturated rings. The molecule has 0 aliphatic heterocycles. The van der Waals surface area contributed by atoms with E-state index in [9.17, 15) is 4.79 Å². The molecule has 0 saturated carbocycles. The molecule has 0 radical (unpaired) electrons. The summed E-state index contributed by atoms with van der Waals surface area (Å²) in [4.78, 5) is 10.4. The first-order valence-electron chi connectivity index (χ1n) is 3.38. The van der Waals surface area contributed by atoms with E-state index < -0.39 is 0 Å². The summed E-state index contributed by atoms with van der Waals surface area (Å²) in [6, 6.07) is 7.28. The maximum atomic E-state index is 10.4. The Bertz CT molecular complexity index is 341. The van der Waals surface area contributed by atoms with Gasteiger partial charge < -0.3 is 0 Å². The van der Waals surface area contributed by atoms with E-state index in [4.69, 9.17) is 5.26 Å². The second-order valence-electron chi connectivity index (χ2n) is 2.35. The largest absolute Gasteiger partial charge is 0.298 e. The van der Waals surface area contributed by atoms with Gasteiger partial charge in [0.1, 0.15) is 6.29 Å². The van der Waals surface area contributed by atoms with Gasteiger partial charge in [0.25, 0.3) is 0 Å². The fraction of sp³-hybridized carbons (Fsp3) is 0.111. The van der Waals surface area contributed by atoms with Crippen molar-refractivity contribution in [1.29, 1.82) is 5.26 Å². The molecule has 0 unspecified atom stereocenters. The second-order valence-corrected chi connectivity index (χ2v) is 3.26. The molecule has 12 heavy (non-hydrogen) atoms. The van der Waals surface area contributed by atoms with Gasteiger partial charge in [0, 0.05) is 10.0 Å². The Hall–Kier alpha value is -1.14. The zero-order valence-electron chi connectivity index (χ0n) is 6.25. The highest BCUT2D eigenvalue weighted by Crippen LogP contribution is 2.14. The molecule has 0 bridgehead atoms. The fourth-order valence-corrected chi connectivity index (χ4v) is 1.50. The topological polar surface area (TPSA) is 40.9 Å². The number of benzene rings is 1. The summed E-state index contributed by atoms with van der Waals surface area (Å²) in [7, 11) is 0. The van der Waals surface area contributed by atoms with Gasteiger partial charge in [-0.1, -0.05) is 15.9 Å². The monoisotopic (exact) mass is 223 g/mol. The molecule has 3 heteroatoms. The second kappa shape index (κ2) is 4.03. The summed E-state index contributed by atoms with van der Waals surface area (Å²) in [5.41, 5.74) is 1.45. The van der Waals surface area contributed by atoms with Crippen molar-refractivity contribution in [3.05, 3.63) is 33.8 Å². The van der Waals surface area contributed by atoms with Crippen molar-refractivity contribution in [3.63, 3.8) is 0 Å². The van der Waals surface area contributed by atoms with Crippen molar-refractivity contribution in [2.45, 2.75) is 6.42 Å². The van der Waals surface area contributed by atoms with E-state index >= 15 is 0 Å². The highest BCUT2D eigenvalue weighted by atomic mass is 79.9. The molecule has 0 spiro atoms. The number of halogens is 1. The van der Waals surface area contributed by atoms with Crippen molar-refractivity contribution in [2.24, 2.45) is 0 Å². The number of carbonyl (C=O) groups excluding carboxylic acids is 1. The van der Waals surface area contributed by atoms with Crippen LogP contribution in [0.1, 0.15) is 15.9 Å². The van der Waals surface area contributed by atoms with Crippen molar-refractivity contribution in [3.8, 4) is 6.07 Å². The Morgan fingerprint density at radius 1 is 1.50 bits per heavy atom. The first-order valence-corrected chi connectivity index (χ1v) is 4.17. The molecule has 2 nitrogen and oxygen atoms in total. The van der Waals surface area contributed by atoms with E-state index in [0.717, 1.165) is 16.3 Å². The van der Waals surface area contributed by atoms with Crippen LogP contribution in [0, 0.1) is 11.3 Å². The van der Waals surface area contributed by atoms with Crippen LogP contribution in [0.3, 0.4) is 0 Å². The van der Waals surface area contributed by atoms with E-state index in [1.54, 1.807) is 12.1 Å². The van der Waals surface area contributed by atoms with Crippen LogP contribution in [-0.2, 0) is 6.42 Å². The molecule has 0 amide bonds. The third-order valence-electron chi connectivity index (χ3n) is 1.40. The number of nitrogens with zero attached hydrogens (tertiary/aromatic N) is 1. The zero-order chi connectivity index (χ0) is 8.97. The van der Waals surface area contributed by atoms with E-state index in [1.165, 1.54) is 0 Å². The van der Waals surface area contributed by atoms with Gasteiger partial charge in [-0.05, 0) is 23.8 Å². The molecule has 0 aromatic heterocycles. The predicted molar refractivity (Wildman–Crippen MR) is 48.8 cm³/mol. The summed E-state index contributed by atoms with van der Waals surface area (Å²) in [6.07, 6.45) is 1.10. The van der Waals surface area contributed by atoms with Gasteiger partial charge in [-0.15, -0.1) is 0 Å². The number of hydrogen-bond acceptors (Lipinski definition) is 2. The van der Waals surface area contributed by atoms with Gasteiger partial charge in [0.05, 0.1) is 12.5 Å². The lowest BCUT2D eigenvalue weighted by Crippen LogP contribution is -1.86. The minimum absolute atomic E-state index is 0.334. The molecule has 1 rings (SSSR count). The standard InChI is InChI=1S/C9H6BrNO/c10-9-4-7(1-2-11)3-8(5-9)6-12/h3-6H,1H2. The van der Waals surface area contributed by atoms with E-state index in [2.05, 4.69) is 15.9 Å². The first-order chi connectivity index (χ1) is 5.76. The highest BCUT2D eigenvalue weighted by molar-refractivity contribution is 9.10. The van der Waals surface area contributed by atoms with Crippen LogP contribution in [0.2, 0.25) is 0 Å². The van der Waals surface area contributed by atoms with Crippen molar-refractivity contribution < 1.29 is 4.79 Å². The number of hydrogen-bond donors (Lipinski definition) is 0. The van der Waals surface area contributed by atoms with Crippen molar-refractivity contribution in [1.82, 2.24) is 0 Å². The first kappa shape index (κ1) is 8.95. The normalized spacial score (nSPS) is 9.00. The van der Waals surface area contributed by atoms with Crippen LogP contribution < -0.4 is 0 Å². The van der Waals surface area contributed by atoms with E-state index in [0.29, 0.717) is 12.0 Å². The van der Waals surface area contributed by atoms with Crippen LogP contribution in [-0.4, -0.2) is 6.29 Å². The van der Waals surface area contributed by atoms with Gasteiger partial charge in [-0.3, -0.25) is 4.79 Å². The molecule has 0 aliphatic rings. The Balaban J connectivity index is 3.07. The highest BCUT2D eigenvalue weighted by Gasteiger charge is 1.97. The van der Waals surface area contributed by atoms with Crippen LogP contribution in [0.25, 0.3) is 0 Å². The maximum Gasteiger partial charge on any atom is 0.150 e. The molecule has 0 heterocycles. The van der Waals surface area contributed by atoms with Gasteiger partial charge in [0.2, 0.25) is 0 Å². The summed E-state index contributed by atoms with van der Waals surface area (Å²) in [6.45, 7) is 0. The Kier molecular flexibility index (Phi) is 3.01. The Morgan fingerprint density at radius 3 is 2.83 bits per heavy atom. The number of carbonyl (C=O) groups is 1. The Morgan fingerprint density at radius 2 is 2.25 bits per heavy atom. The predicted octanol–water partition coefficient (Wildman–Crippen LogP) is 2.33. The van der Waals surface area contributed by atoms with Gasteiger partial charge in [0.15, 0.2) is 0 Å². The van der Waals surface area contributed by atoms with E-state index in [-0.39, 0.29) is 0 Å². The minimum Gasteiger partial charge on any atom is -0.298 e. The molecule has 0 saturated heterocycles. The average Bonchev–Trinajstić information content (AvgIpc) is 2.04. The van der Waals surface area contributed by atoms with Gasteiger partial charge in [-0.25, -0.2) is 0 Å². The molecule has 60 valence electrons. The van der Waals surface area contributed by atoms with Crippen LogP contribution in [0.5, 0.6) is 0 Å². The molecular weight excluding hydrogens is 218 g/mol. The summed E-state index contributed by atoms with van der Waals surface area (Å²) in [5.74, 6) is 0. The molecule has 1 aromatic rings. The lowest BCUT2D eigenvalue weighted by Gasteiger charge is -1.97. The SMILES string of the molecule is N#CCc1cc(Br)cc(C=O)c1. The molecule has 0 atom stereocenters. The van der Waals surface area contributed by atoms with Crippen LogP contribution in [0.4, 0.5) is 0 Å². The maximum absolute atomic E-state index is 10.4.